The molecule has 1 aliphatic rings. The second-order valence-corrected chi connectivity index (χ2v) is 5.65. The fourth-order valence-electron chi connectivity index (χ4n) is 2.92. The zero-order valence-corrected chi connectivity index (χ0v) is 11.6. The maximum absolute atomic E-state index is 13.8. The van der Waals surface area contributed by atoms with E-state index in [2.05, 4.69) is 0 Å². The first kappa shape index (κ1) is 14.5. The lowest BCUT2D eigenvalue weighted by Crippen LogP contribution is -2.33. The Balaban J connectivity index is 2.09. The molecule has 1 saturated carbocycles. The van der Waals surface area contributed by atoms with E-state index in [0.717, 1.165) is 25.7 Å². The van der Waals surface area contributed by atoms with E-state index in [0.29, 0.717) is 12.1 Å². The third kappa shape index (κ3) is 3.34. The summed E-state index contributed by atoms with van der Waals surface area (Å²) in [5.41, 5.74) is 6.12. The van der Waals surface area contributed by atoms with Gasteiger partial charge in [0, 0.05) is 12.3 Å². The minimum Gasteiger partial charge on any atom is -0.330 e. The van der Waals surface area contributed by atoms with Gasteiger partial charge >= 0.3 is 0 Å². The van der Waals surface area contributed by atoms with Gasteiger partial charge < -0.3 is 5.73 Å². The summed E-state index contributed by atoms with van der Waals surface area (Å²) in [6.07, 6.45) is 4.20. The van der Waals surface area contributed by atoms with Crippen LogP contribution in [-0.4, -0.2) is 12.3 Å². The molecule has 19 heavy (non-hydrogen) atoms. The van der Waals surface area contributed by atoms with Gasteiger partial charge in [-0.1, -0.05) is 36.6 Å². The molecule has 0 radical (unpaired) electrons. The summed E-state index contributed by atoms with van der Waals surface area (Å²) >= 11 is 5.73. The van der Waals surface area contributed by atoms with Gasteiger partial charge in [-0.2, -0.15) is 0 Å². The van der Waals surface area contributed by atoms with Gasteiger partial charge in [-0.05, 0) is 36.9 Å². The first-order valence-electron chi connectivity index (χ1n) is 6.79. The maximum atomic E-state index is 13.8. The highest BCUT2D eigenvalue weighted by Crippen LogP contribution is 2.31. The Morgan fingerprint density at radius 2 is 2.11 bits per heavy atom. The van der Waals surface area contributed by atoms with Gasteiger partial charge in [0.1, 0.15) is 11.6 Å². The van der Waals surface area contributed by atoms with Crippen molar-refractivity contribution in [1.29, 1.82) is 0 Å². The zero-order chi connectivity index (χ0) is 13.8. The number of halogens is 2. The molecule has 2 N–H and O–H groups in total. The Morgan fingerprint density at radius 3 is 2.84 bits per heavy atom. The lowest BCUT2D eigenvalue weighted by Gasteiger charge is -2.29. The molecular weight excluding hydrogens is 265 g/mol. The smallest absolute Gasteiger partial charge is 0.145 e. The van der Waals surface area contributed by atoms with Crippen molar-refractivity contribution in [3.8, 4) is 0 Å². The summed E-state index contributed by atoms with van der Waals surface area (Å²) < 4.78 is 13.8. The quantitative estimate of drug-likeness (QED) is 0.921. The van der Waals surface area contributed by atoms with Crippen LogP contribution >= 0.6 is 11.6 Å². The zero-order valence-electron chi connectivity index (χ0n) is 10.9. The number of hydrogen-bond donors (Lipinski definition) is 1. The number of nitrogens with two attached hydrogens (primary N) is 1. The highest BCUT2D eigenvalue weighted by atomic mass is 35.5. The van der Waals surface area contributed by atoms with Crippen LogP contribution in [0, 0.1) is 17.7 Å². The first-order chi connectivity index (χ1) is 9.13. The van der Waals surface area contributed by atoms with E-state index in [4.69, 9.17) is 17.3 Å². The van der Waals surface area contributed by atoms with E-state index in [1.807, 2.05) is 0 Å². The maximum Gasteiger partial charge on any atom is 0.145 e. The number of benzene rings is 1. The van der Waals surface area contributed by atoms with Gasteiger partial charge in [0.2, 0.25) is 0 Å². The van der Waals surface area contributed by atoms with E-state index in [1.165, 1.54) is 6.07 Å². The molecule has 0 heterocycles. The van der Waals surface area contributed by atoms with Gasteiger partial charge in [-0.3, -0.25) is 4.79 Å². The molecule has 2 rings (SSSR count). The summed E-state index contributed by atoms with van der Waals surface area (Å²) in [5.74, 6) is -0.144. The third-order valence-corrected chi connectivity index (χ3v) is 4.31. The van der Waals surface area contributed by atoms with Gasteiger partial charge in [-0.25, -0.2) is 4.39 Å². The van der Waals surface area contributed by atoms with Crippen LogP contribution < -0.4 is 5.73 Å². The second-order valence-electron chi connectivity index (χ2n) is 5.24. The highest BCUT2D eigenvalue weighted by molar-refractivity contribution is 6.30. The second kappa shape index (κ2) is 6.49. The summed E-state index contributed by atoms with van der Waals surface area (Å²) in [4.78, 5) is 12.3. The molecule has 1 fully saturated rings. The van der Waals surface area contributed by atoms with Gasteiger partial charge in [0.15, 0.2) is 0 Å². The van der Waals surface area contributed by atoms with Crippen molar-refractivity contribution in [2.45, 2.75) is 32.1 Å². The Labute approximate surface area is 118 Å². The fraction of sp³-hybridized carbons (Fsp3) is 0.533. The van der Waals surface area contributed by atoms with Crippen molar-refractivity contribution in [2.75, 3.05) is 6.54 Å². The molecule has 1 aromatic rings. The van der Waals surface area contributed by atoms with Gasteiger partial charge in [0.05, 0.1) is 5.02 Å². The Bertz CT molecular complexity index is 463. The van der Waals surface area contributed by atoms with Crippen LogP contribution in [0.15, 0.2) is 18.2 Å². The molecule has 2 nitrogen and oxygen atoms in total. The van der Waals surface area contributed by atoms with Crippen molar-refractivity contribution >= 4 is 17.4 Å². The first-order valence-corrected chi connectivity index (χ1v) is 7.17. The van der Waals surface area contributed by atoms with E-state index in [-0.39, 0.29) is 29.1 Å². The van der Waals surface area contributed by atoms with E-state index < -0.39 is 5.82 Å². The average molecular weight is 284 g/mol. The number of Topliss-reactive ketones (excluding diaryl/α,β-unsaturated/α-hetero) is 1. The molecule has 0 amide bonds. The lowest BCUT2D eigenvalue weighted by atomic mass is 9.76. The normalized spacial score (nSPS) is 23.3. The fourth-order valence-corrected chi connectivity index (χ4v) is 3.11. The van der Waals surface area contributed by atoms with Crippen LogP contribution in [0.5, 0.6) is 0 Å². The molecule has 1 aliphatic carbocycles. The molecule has 4 heteroatoms. The summed E-state index contributed by atoms with van der Waals surface area (Å²) in [6.45, 7) is 0.536. The van der Waals surface area contributed by atoms with Crippen molar-refractivity contribution in [2.24, 2.45) is 17.6 Å². The predicted molar refractivity (Wildman–Crippen MR) is 74.6 cm³/mol. The predicted octanol–water partition coefficient (Wildman–Crippen LogP) is 3.36. The Kier molecular flexibility index (Phi) is 4.94. The molecule has 2 unspecified atom stereocenters. The van der Waals surface area contributed by atoms with Crippen LogP contribution in [0.2, 0.25) is 5.02 Å². The van der Waals surface area contributed by atoms with Crippen LogP contribution in [0.4, 0.5) is 4.39 Å². The molecule has 104 valence electrons. The Hall–Kier alpha value is -0.930. The SMILES string of the molecule is NCC1CCCCC1C(=O)Cc1cccc(Cl)c1F. The van der Waals surface area contributed by atoms with E-state index >= 15 is 0 Å². The molecule has 0 spiro atoms. The molecule has 0 bridgehead atoms. The topological polar surface area (TPSA) is 43.1 Å². The molecule has 0 aliphatic heterocycles. The van der Waals surface area contributed by atoms with E-state index in [9.17, 15) is 9.18 Å². The number of carbonyl (C=O) groups excluding carboxylic acids is 1. The standard InChI is InChI=1S/C15H19ClFNO/c16-13-7-3-5-10(15(13)17)8-14(19)12-6-2-1-4-11(12)9-18/h3,5,7,11-12H,1-2,4,6,8-9,18H2. The van der Waals surface area contributed by atoms with Crippen molar-refractivity contribution in [3.63, 3.8) is 0 Å². The number of ketones is 1. The summed E-state index contributed by atoms with van der Waals surface area (Å²) in [7, 11) is 0. The third-order valence-electron chi connectivity index (χ3n) is 4.02. The van der Waals surface area contributed by atoms with Gasteiger partial charge in [-0.15, -0.1) is 0 Å². The van der Waals surface area contributed by atoms with E-state index in [1.54, 1.807) is 12.1 Å². The number of carbonyl (C=O) groups is 1. The lowest BCUT2D eigenvalue weighted by molar-refractivity contribution is -0.124. The van der Waals surface area contributed by atoms with Crippen LogP contribution in [0.1, 0.15) is 31.2 Å². The minimum absolute atomic E-state index is 0.0165. The van der Waals surface area contributed by atoms with Crippen molar-refractivity contribution < 1.29 is 9.18 Å². The Morgan fingerprint density at radius 1 is 1.37 bits per heavy atom. The largest absolute Gasteiger partial charge is 0.330 e. The highest BCUT2D eigenvalue weighted by Gasteiger charge is 2.30. The van der Waals surface area contributed by atoms with Crippen LogP contribution in [0.3, 0.4) is 0 Å². The van der Waals surface area contributed by atoms with Crippen molar-refractivity contribution in [3.05, 3.63) is 34.6 Å². The minimum atomic E-state index is -0.474. The van der Waals surface area contributed by atoms with Crippen LogP contribution in [0.25, 0.3) is 0 Å². The van der Waals surface area contributed by atoms with Gasteiger partial charge in [0.25, 0.3) is 0 Å². The summed E-state index contributed by atoms with van der Waals surface area (Å²) in [5, 5.41) is 0.0734. The monoisotopic (exact) mass is 283 g/mol. The van der Waals surface area contributed by atoms with Crippen molar-refractivity contribution in [1.82, 2.24) is 0 Å². The summed E-state index contributed by atoms with van der Waals surface area (Å²) in [6, 6.07) is 4.79. The van der Waals surface area contributed by atoms with Crippen LogP contribution in [-0.2, 0) is 11.2 Å². The molecule has 0 aromatic heterocycles. The number of rotatable bonds is 4. The molecule has 0 saturated heterocycles. The number of hydrogen-bond acceptors (Lipinski definition) is 2. The molecule has 2 atom stereocenters. The molecular formula is C15H19ClFNO. The average Bonchev–Trinajstić information content (AvgIpc) is 2.43. The molecule has 1 aromatic carbocycles.